The van der Waals surface area contributed by atoms with Crippen molar-refractivity contribution in [2.24, 2.45) is 0 Å². The van der Waals surface area contributed by atoms with Crippen LogP contribution in [0.15, 0.2) is 60.7 Å². The number of carbonyl (C=O) groups excluding carboxylic acids is 1. The molecule has 0 saturated heterocycles. The van der Waals surface area contributed by atoms with Crippen molar-refractivity contribution in [1.82, 2.24) is 9.88 Å². The van der Waals surface area contributed by atoms with Gasteiger partial charge in [0.15, 0.2) is 5.13 Å². The molecule has 0 saturated carbocycles. The van der Waals surface area contributed by atoms with E-state index in [9.17, 15) is 4.79 Å². The van der Waals surface area contributed by atoms with Crippen LogP contribution < -0.4 is 9.64 Å². The van der Waals surface area contributed by atoms with Crippen LogP contribution in [0.4, 0.5) is 5.13 Å². The number of aromatic nitrogens is 1. The lowest BCUT2D eigenvalue weighted by molar-refractivity contribution is 0.0987. The maximum atomic E-state index is 13.7. The smallest absolute Gasteiger partial charge is 0.260 e. The van der Waals surface area contributed by atoms with Gasteiger partial charge in [-0.3, -0.25) is 9.69 Å². The normalized spacial score (nSPS) is 11.3. The van der Waals surface area contributed by atoms with E-state index in [4.69, 9.17) is 9.72 Å². The topological polar surface area (TPSA) is 45.7 Å². The Morgan fingerprint density at radius 3 is 2.63 bits per heavy atom. The minimum absolute atomic E-state index is 0.0171. The van der Waals surface area contributed by atoms with Crippen LogP contribution in [0.3, 0.4) is 0 Å². The van der Waals surface area contributed by atoms with Gasteiger partial charge in [0.1, 0.15) is 5.75 Å². The van der Waals surface area contributed by atoms with Crippen molar-refractivity contribution in [2.45, 2.75) is 6.42 Å². The van der Waals surface area contributed by atoms with E-state index in [1.54, 1.807) is 7.11 Å². The standard InChI is InChI=1S/C24H25N3O2S/c1-26(2)14-7-15-27(24-25-21-13-12-18(29-3)16-22(21)30-24)23(28)20-11-6-9-17-8-4-5-10-19(17)20/h4-6,8-13,16H,7,14-15H2,1-3H3. The Morgan fingerprint density at radius 1 is 1.03 bits per heavy atom. The zero-order chi connectivity index (χ0) is 21.1. The van der Waals surface area contributed by atoms with E-state index in [0.717, 1.165) is 44.8 Å². The first-order valence-corrected chi connectivity index (χ1v) is 10.8. The largest absolute Gasteiger partial charge is 0.497 e. The summed E-state index contributed by atoms with van der Waals surface area (Å²) in [5.74, 6) is 0.772. The Morgan fingerprint density at radius 2 is 1.83 bits per heavy atom. The summed E-state index contributed by atoms with van der Waals surface area (Å²) in [6.45, 7) is 1.51. The van der Waals surface area contributed by atoms with Crippen molar-refractivity contribution in [2.75, 3.05) is 39.2 Å². The van der Waals surface area contributed by atoms with E-state index >= 15 is 0 Å². The lowest BCUT2D eigenvalue weighted by atomic mass is 10.0. The third kappa shape index (κ3) is 4.15. The van der Waals surface area contributed by atoms with Gasteiger partial charge in [-0.25, -0.2) is 4.98 Å². The van der Waals surface area contributed by atoms with Crippen LogP contribution in [0.1, 0.15) is 16.8 Å². The Hall–Kier alpha value is -2.96. The van der Waals surface area contributed by atoms with E-state index in [1.165, 1.54) is 11.3 Å². The van der Waals surface area contributed by atoms with Gasteiger partial charge in [0.05, 0.1) is 17.3 Å². The van der Waals surface area contributed by atoms with Crippen molar-refractivity contribution < 1.29 is 9.53 Å². The molecule has 0 radical (unpaired) electrons. The molecule has 6 heteroatoms. The summed E-state index contributed by atoms with van der Waals surface area (Å²) in [5.41, 5.74) is 1.58. The predicted octanol–water partition coefficient (Wildman–Crippen LogP) is 5.06. The first-order chi connectivity index (χ1) is 14.6. The summed E-state index contributed by atoms with van der Waals surface area (Å²) < 4.78 is 6.35. The molecule has 4 aromatic rings. The highest BCUT2D eigenvalue weighted by Gasteiger charge is 2.22. The summed E-state index contributed by atoms with van der Waals surface area (Å²) in [5, 5.41) is 2.74. The second kappa shape index (κ2) is 8.81. The van der Waals surface area contributed by atoms with E-state index < -0.39 is 0 Å². The van der Waals surface area contributed by atoms with Crippen LogP contribution >= 0.6 is 11.3 Å². The number of ether oxygens (including phenoxy) is 1. The van der Waals surface area contributed by atoms with Crippen molar-refractivity contribution in [3.8, 4) is 5.75 Å². The van der Waals surface area contributed by atoms with E-state index in [-0.39, 0.29) is 5.91 Å². The number of benzene rings is 3. The number of fused-ring (bicyclic) bond motifs is 2. The van der Waals surface area contributed by atoms with Gasteiger partial charge < -0.3 is 9.64 Å². The number of methoxy groups -OCH3 is 1. The van der Waals surface area contributed by atoms with Crippen LogP contribution in [0.5, 0.6) is 5.75 Å². The molecular weight excluding hydrogens is 394 g/mol. The summed E-state index contributed by atoms with van der Waals surface area (Å²) in [7, 11) is 5.74. The second-order valence-electron chi connectivity index (χ2n) is 7.47. The molecule has 1 aromatic heterocycles. The average Bonchev–Trinajstić information content (AvgIpc) is 3.18. The third-order valence-corrected chi connectivity index (χ3v) is 6.11. The van der Waals surface area contributed by atoms with Gasteiger partial charge in [-0.1, -0.05) is 47.7 Å². The number of amides is 1. The molecule has 0 bridgehead atoms. The highest BCUT2D eigenvalue weighted by Crippen LogP contribution is 2.33. The molecule has 0 spiro atoms. The Balaban J connectivity index is 1.74. The fourth-order valence-electron chi connectivity index (χ4n) is 3.52. The molecule has 0 aliphatic heterocycles. The van der Waals surface area contributed by atoms with Crippen LogP contribution in [0.2, 0.25) is 0 Å². The number of hydrogen-bond acceptors (Lipinski definition) is 5. The summed E-state index contributed by atoms with van der Waals surface area (Å²) >= 11 is 1.52. The van der Waals surface area contributed by atoms with Crippen LogP contribution in [-0.4, -0.2) is 50.1 Å². The Kier molecular flexibility index (Phi) is 5.97. The van der Waals surface area contributed by atoms with E-state index in [0.29, 0.717) is 12.1 Å². The fraction of sp³-hybridized carbons (Fsp3) is 0.250. The van der Waals surface area contributed by atoms with Crippen molar-refractivity contribution in [1.29, 1.82) is 0 Å². The first-order valence-electron chi connectivity index (χ1n) is 9.96. The summed E-state index contributed by atoms with van der Waals surface area (Å²) in [6.07, 6.45) is 0.864. The number of hydrogen-bond donors (Lipinski definition) is 0. The van der Waals surface area contributed by atoms with Crippen LogP contribution in [0, 0.1) is 0 Å². The molecule has 0 unspecified atom stereocenters. The summed E-state index contributed by atoms with van der Waals surface area (Å²) in [6, 6.07) is 19.7. The zero-order valence-electron chi connectivity index (χ0n) is 17.5. The minimum atomic E-state index is -0.0171. The molecule has 154 valence electrons. The monoisotopic (exact) mass is 419 g/mol. The lowest BCUT2D eigenvalue weighted by Gasteiger charge is -2.21. The number of carbonyl (C=O) groups is 1. The Labute approximate surface area is 180 Å². The Bertz CT molecular complexity index is 1180. The second-order valence-corrected chi connectivity index (χ2v) is 8.48. The van der Waals surface area contributed by atoms with Crippen LogP contribution in [0.25, 0.3) is 21.0 Å². The molecule has 1 amide bonds. The predicted molar refractivity (Wildman–Crippen MR) is 125 cm³/mol. The number of nitrogens with zero attached hydrogens (tertiary/aromatic N) is 3. The third-order valence-electron chi connectivity index (χ3n) is 5.07. The van der Waals surface area contributed by atoms with Gasteiger partial charge in [0, 0.05) is 12.1 Å². The van der Waals surface area contributed by atoms with Crippen molar-refractivity contribution in [3.63, 3.8) is 0 Å². The van der Waals surface area contributed by atoms with E-state index in [1.807, 2.05) is 79.7 Å². The molecule has 0 fully saturated rings. The highest BCUT2D eigenvalue weighted by molar-refractivity contribution is 7.22. The molecule has 0 aliphatic carbocycles. The first kappa shape index (κ1) is 20.3. The number of thiazole rings is 1. The van der Waals surface area contributed by atoms with E-state index in [2.05, 4.69) is 4.90 Å². The minimum Gasteiger partial charge on any atom is -0.497 e. The fourth-order valence-corrected chi connectivity index (χ4v) is 4.54. The average molecular weight is 420 g/mol. The number of rotatable bonds is 7. The zero-order valence-corrected chi connectivity index (χ0v) is 18.3. The molecular formula is C24H25N3O2S. The van der Waals surface area contributed by atoms with Crippen molar-refractivity contribution in [3.05, 3.63) is 66.2 Å². The highest BCUT2D eigenvalue weighted by atomic mass is 32.1. The van der Waals surface area contributed by atoms with Gasteiger partial charge in [-0.05, 0) is 62.1 Å². The van der Waals surface area contributed by atoms with Crippen LogP contribution in [-0.2, 0) is 0 Å². The lowest BCUT2D eigenvalue weighted by Crippen LogP contribution is -2.33. The van der Waals surface area contributed by atoms with Gasteiger partial charge in [-0.15, -0.1) is 0 Å². The molecule has 0 aliphatic rings. The van der Waals surface area contributed by atoms with Gasteiger partial charge in [0.25, 0.3) is 5.91 Å². The molecule has 1 heterocycles. The maximum absolute atomic E-state index is 13.7. The molecule has 5 nitrogen and oxygen atoms in total. The quantitative estimate of drug-likeness (QED) is 0.420. The molecule has 3 aromatic carbocycles. The molecule has 30 heavy (non-hydrogen) atoms. The SMILES string of the molecule is COc1ccc2nc(N(CCCN(C)C)C(=O)c3cccc4ccccc34)sc2c1. The van der Waals surface area contributed by atoms with Gasteiger partial charge in [-0.2, -0.15) is 0 Å². The van der Waals surface area contributed by atoms with Gasteiger partial charge in [0.2, 0.25) is 0 Å². The molecule has 0 atom stereocenters. The number of anilines is 1. The molecule has 4 rings (SSSR count). The summed E-state index contributed by atoms with van der Waals surface area (Å²) in [4.78, 5) is 22.4. The van der Waals surface area contributed by atoms with Gasteiger partial charge >= 0.3 is 0 Å². The molecule has 0 N–H and O–H groups in total. The van der Waals surface area contributed by atoms with Crippen molar-refractivity contribution >= 4 is 43.4 Å². The maximum Gasteiger partial charge on any atom is 0.260 e.